The summed E-state index contributed by atoms with van der Waals surface area (Å²) in [6, 6.07) is 7.52. The maximum Gasteiger partial charge on any atom is 0.257 e. The van der Waals surface area contributed by atoms with Gasteiger partial charge in [0.05, 0.1) is 12.0 Å². The highest BCUT2D eigenvalue weighted by Crippen LogP contribution is 2.19. The van der Waals surface area contributed by atoms with Crippen LogP contribution in [0.25, 0.3) is 11.5 Å². The molecule has 2 N–H and O–H groups in total. The number of aromatic nitrogens is 2. The Labute approximate surface area is 110 Å². The molecule has 1 heterocycles. The predicted octanol–water partition coefficient (Wildman–Crippen LogP) is 2.06. The molecule has 0 saturated carbocycles. The summed E-state index contributed by atoms with van der Waals surface area (Å²) >= 11 is 5.51. The Hall–Kier alpha value is -1.59. The fourth-order valence-corrected chi connectivity index (χ4v) is 1.54. The van der Waals surface area contributed by atoms with Crippen molar-refractivity contribution in [2.24, 2.45) is 0 Å². The molecule has 2 rings (SSSR count). The van der Waals surface area contributed by atoms with Crippen LogP contribution in [0.4, 0.5) is 5.69 Å². The summed E-state index contributed by atoms with van der Waals surface area (Å²) in [5.41, 5.74) is 1.76. The number of anilines is 1. The highest BCUT2D eigenvalue weighted by molar-refractivity contribution is 6.18. The molecule has 0 amide bonds. The Morgan fingerprint density at radius 1 is 1.39 bits per heavy atom. The van der Waals surface area contributed by atoms with Gasteiger partial charge in [-0.25, -0.2) is 0 Å². The normalized spacial score (nSPS) is 12.4. The van der Waals surface area contributed by atoms with E-state index in [-0.39, 0.29) is 5.88 Å². The average Bonchev–Trinajstić information content (AvgIpc) is 2.83. The van der Waals surface area contributed by atoms with Crippen LogP contribution in [0.15, 0.2) is 28.8 Å². The van der Waals surface area contributed by atoms with Gasteiger partial charge in [0.25, 0.3) is 5.89 Å². The summed E-state index contributed by atoms with van der Waals surface area (Å²) in [4.78, 5) is 4.14. The van der Waals surface area contributed by atoms with Crippen molar-refractivity contribution >= 4 is 17.3 Å². The molecule has 0 aliphatic heterocycles. The number of aliphatic hydroxyl groups excluding tert-OH is 1. The Kier molecular flexibility index (Phi) is 4.17. The van der Waals surface area contributed by atoms with Crippen molar-refractivity contribution in [3.05, 3.63) is 30.1 Å². The lowest BCUT2D eigenvalue weighted by molar-refractivity contribution is 0.211. The maximum atomic E-state index is 9.33. The van der Waals surface area contributed by atoms with Crippen LogP contribution in [-0.4, -0.2) is 33.8 Å². The third-order valence-corrected chi connectivity index (χ3v) is 2.74. The molecule has 0 radical (unpaired) electrons. The van der Waals surface area contributed by atoms with Gasteiger partial charge in [0.2, 0.25) is 0 Å². The summed E-state index contributed by atoms with van der Waals surface area (Å²) in [6.45, 7) is 2.19. The molecule has 18 heavy (non-hydrogen) atoms. The third-order valence-electron chi connectivity index (χ3n) is 2.38. The monoisotopic (exact) mass is 267 g/mol. The summed E-state index contributed by atoms with van der Waals surface area (Å²) in [5.74, 6) is 1.32. The number of halogens is 1. The topological polar surface area (TPSA) is 71.2 Å². The van der Waals surface area contributed by atoms with Crippen LogP contribution in [-0.2, 0) is 0 Å². The van der Waals surface area contributed by atoms with Crippen LogP contribution in [0.1, 0.15) is 5.82 Å². The number of aryl methyl sites for hydroxylation is 1. The molecule has 0 fully saturated rings. The van der Waals surface area contributed by atoms with E-state index in [9.17, 15) is 5.11 Å². The number of hydrogen-bond donors (Lipinski definition) is 2. The van der Waals surface area contributed by atoms with E-state index in [2.05, 4.69) is 15.5 Å². The minimum absolute atomic E-state index is 0.215. The van der Waals surface area contributed by atoms with E-state index in [4.69, 9.17) is 16.1 Å². The molecule has 2 aromatic rings. The smallest absolute Gasteiger partial charge is 0.257 e. The van der Waals surface area contributed by atoms with Gasteiger partial charge >= 0.3 is 0 Å². The number of nitrogens with one attached hydrogen (secondary N) is 1. The number of benzene rings is 1. The SMILES string of the molecule is Cc1noc(-c2ccc(NCC(O)CCl)cc2)n1. The number of aliphatic hydroxyl groups is 1. The molecule has 0 aliphatic carbocycles. The molecular formula is C12H14ClN3O2. The van der Waals surface area contributed by atoms with Gasteiger partial charge in [-0.1, -0.05) is 5.16 Å². The Balaban J connectivity index is 2.01. The molecule has 6 heteroatoms. The van der Waals surface area contributed by atoms with Gasteiger partial charge in [-0.3, -0.25) is 0 Å². The third kappa shape index (κ3) is 3.21. The van der Waals surface area contributed by atoms with Gasteiger partial charge in [-0.2, -0.15) is 4.98 Å². The molecule has 0 bridgehead atoms. The predicted molar refractivity (Wildman–Crippen MR) is 69.7 cm³/mol. The number of nitrogens with zero attached hydrogens (tertiary/aromatic N) is 2. The number of rotatable bonds is 5. The summed E-state index contributed by atoms with van der Waals surface area (Å²) in [5, 5.41) is 16.1. The molecular weight excluding hydrogens is 254 g/mol. The first-order valence-electron chi connectivity index (χ1n) is 5.57. The molecule has 5 nitrogen and oxygen atoms in total. The fourth-order valence-electron chi connectivity index (χ4n) is 1.44. The standard InChI is InChI=1S/C12H14ClN3O2/c1-8-15-12(18-16-8)9-2-4-10(5-3-9)14-7-11(17)6-13/h2-5,11,14,17H,6-7H2,1H3. The van der Waals surface area contributed by atoms with Crippen molar-refractivity contribution < 1.29 is 9.63 Å². The van der Waals surface area contributed by atoms with Gasteiger partial charge in [0, 0.05) is 17.8 Å². The Bertz CT molecular complexity index is 498. The first-order valence-corrected chi connectivity index (χ1v) is 6.11. The van der Waals surface area contributed by atoms with E-state index in [1.54, 1.807) is 6.92 Å². The Morgan fingerprint density at radius 3 is 2.67 bits per heavy atom. The van der Waals surface area contributed by atoms with Gasteiger partial charge in [-0.15, -0.1) is 11.6 Å². The van der Waals surface area contributed by atoms with E-state index < -0.39 is 6.10 Å². The van der Waals surface area contributed by atoms with E-state index in [0.29, 0.717) is 18.3 Å². The molecule has 0 saturated heterocycles. The van der Waals surface area contributed by atoms with E-state index in [1.165, 1.54) is 0 Å². The molecule has 1 unspecified atom stereocenters. The van der Waals surface area contributed by atoms with Crippen molar-refractivity contribution in [1.82, 2.24) is 10.1 Å². The van der Waals surface area contributed by atoms with Crippen molar-refractivity contribution in [2.45, 2.75) is 13.0 Å². The van der Waals surface area contributed by atoms with Crippen LogP contribution < -0.4 is 5.32 Å². The fraction of sp³-hybridized carbons (Fsp3) is 0.333. The molecule has 1 atom stereocenters. The van der Waals surface area contributed by atoms with Gasteiger partial charge < -0.3 is 14.9 Å². The van der Waals surface area contributed by atoms with Gasteiger partial charge in [-0.05, 0) is 31.2 Å². The lowest BCUT2D eigenvalue weighted by Crippen LogP contribution is -2.20. The lowest BCUT2D eigenvalue weighted by Gasteiger charge is -2.09. The van der Waals surface area contributed by atoms with Crippen LogP contribution in [0, 0.1) is 6.92 Å². The second kappa shape index (κ2) is 5.84. The summed E-state index contributed by atoms with van der Waals surface area (Å²) < 4.78 is 5.07. The first kappa shape index (κ1) is 12.9. The summed E-state index contributed by atoms with van der Waals surface area (Å²) in [7, 11) is 0. The second-order valence-corrected chi connectivity index (χ2v) is 4.22. The lowest BCUT2D eigenvalue weighted by atomic mass is 10.2. The van der Waals surface area contributed by atoms with Crippen molar-refractivity contribution in [3.63, 3.8) is 0 Å². The molecule has 96 valence electrons. The van der Waals surface area contributed by atoms with Gasteiger partial charge in [0.15, 0.2) is 5.82 Å². The van der Waals surface area contributed by atoms with Crippen molar-refractivity contribution in [2.75, 3.05) is 17.7 Å². The van der Waals surface area contributed by atoms with Crippen LogP contribution in [0.2, 0.25) is 0 Å². The zero-order valence-corrected chi connectivity index (χ0v) is 10.7. The highest BCUT2D eigenvalue weighted by atomic mass is 35.5. The van der Waals surface area contributed by atoms with E-state index in [0.717, 1.165) is 11.3 Å². The zero-order chi connectivity index (χ0) is 13.0. The van der Waals surface area contributed by atoms with Crippen LogP contribution >= 0.6 is 11.6 Å². The van der Waals surface area contributed by atoms with E-state index in [1.807, 2.05) is 24.3 Å². The zero-order valence-electron chi connectivity index (χ0n) is 9.93. The van der Waals surface area contributed by atoms with E-state index >= 15 is 0 Å². The number of alkyl halides is 1. The van der Waals surface area contributed by atoms with Crippen molar-refractivity contribution in [1.29, 1.82) is 0 Å². The minimum atomic E-state index is -0.551. The van der Waals surface area contributed by atoms with Crippen LogP contribution in [0.3, 0.4) is 0 Å². The highest BCUT2D eigenvalue weighted by Gasteiger charge is 2.06. The number of hydrogen-bond acceptors (Lipinski definition) is 5. The van der Waals surface area contributed by atoms with Crippen LogP contribution in [0.5, 0.6) is 0 Å². The molecule has 0 aliphatic rings. The quantitative estimate of drug-likeness (QED) is 0.812. The molecule has 1 aromatic heterocycles. The first-order chi connectivity index (χ1) is 8.69. The van der Waals surface area contributed by atoms with Crippen molar-refractivity contribution in [3.8, 4) is 11.5 Å². The molecule has 1 aromatic carbocycles. The molecule has 0 spiro atoms. The second-order valence-electron chi connectivity index (χ2n) is 3.91. The minimum Gasteiger partial charge on any atom is -0.390 e. The summed E-state index contributed by atoms with van der Waals surface area (Å²) in [6.07, 6.45) is -0.551. The Morgan fingerprint density at radius 2 is 2.11 bits per heavy atom. The average molecular weight is 268 g/mol. The maximum absolute atomic E-state index is 9.33. The largest absolute Gasteiger partial charge is 0.390 e. The van der Waals surface area contributed by atoms with Gasteiger partial charge in [0.1, 0.15) is 0 Å².